The monoisotopic (exact) mass is 402 g/mol. The van der Waals surface area contributed by atoms with Gasteiger partial charge in [0.1, 0.15) is 5.76 Å². The van der Waals surface area contributed by atoms with Gasteiger partial charge in [0.15, 0.2) is 5.82 Å². The Kier molecular flexibility index (Phi) is 5.77. The summed E-state index contributed by atoms with van der Waals surface area (Å²) >= 11 is 1.68. The maximum atomic E-state index is 12.9. The number of anilines is 1. The molecule has 0 aromatic carbocycles. The van der Waals surface area contributed by atoms with Gasteiger partial charge in [0.25, 0.3) is 5.91 Å². The Morgan fingerprint density at radius 1 is 1.14 bits per heavy atom. The predicted molar refractivity (Wildman–Crippen MR) is 108 cm³/mol. The Labute approximate surface area is 168 Å². The molecule has 0 saturated carbocycles. The van der Waals surface area contributed by atoms with Crippen molar-refractivity contribution in [1.82, 2.24) is 15.0 Å². The molecule has 7 nitrogen and oxygen atoms in total. The third-order valence-corrected chi connectivity index (χ3v) is 6.60. The lowest BCUT2D eigenvalue weighted by Gasteiger charge is -2.34. The predicted octanol–water partition coefficient (Wildman–Crippen LogP) is 2.71. The van der Waals surface area contributed by atoms with Gasteiger partial charge < -0.3 is 14.7 Å². The molecular formula is C20H26N4O3S. The van der Waals surface area contributed by atoms with E-state index in [2.05, 4.69) is 21.4 Å². The average molecular weight is 403 g/mol. The molecule has 0 atom stereocenters. The molecule has 1 aliphatic heterocycles. The Morgan fingerprint density at radius 3 is 2.68 bits per heavy atom. The molecule has 0 spiro atoms. The number of carbonyl (C=O) groups is 2. The molecular weight excluding hydrogens is 376 g/mol. The van der Waals surface area contributed by atoms with E-state index in [0.717, 1.165) is 17.7 Å². The lowest BCUT2D eigenvalue weighted by atomic mass is 10.1. The smallest absolute Gasteiger partial charge is 0.264 e. The van der Waals surface area contributed by atoms with Gasteiger partial charge >= 0.3 is 0 Å². The number of nitrogens with one attached hydrogen (secondary N) is 1. The first kappa shape index (κ1) is 19.1. The average Bonchev–Trinajstić information content (AvgIpc) is 3.21. The van der Waals surface area contributed by atoms with Crippen molar-refractivity contribution < 1.29 is 14.1 Å². The van der Waals surface area contributed by atoms with Crippen molar-refractivity contribution in [3.63, 3.8) is 0 Å². The van der Waals surface area contributed by atoms with Crippen LogP contribution in [0.3, 0.4) is 0 Å². The zero-order valence-electron chi connectivity index (χ0n) is 16.2. The Balaban J connectivity index is 1.28. The molecule has 0 radical (unpaired) electrons. The second kappa shape index (κ2) is 8.45. The molecule has 0 unspecified atom stereocenters. The first-order valence-corrected chi connectivity index (χ1v) is 10.8. The topological polar surface area (TPSA) is 78.7 Å². The quantitative estimate of drug-likeness (QED) is 0.796. The van der Waals surface area contributed by atoms with Gasteiger partial charge in [-0.2, -0.15) is 0 Å². The van der Waals surface area contributed by atoms with E-state index in [1.165, 1.54) is 29.7 Å². The Hall–Kier alpha value is -2.19. The number of carbonyl (C=O) groups excluding carboxylic acids is 2. The molecule has 1 saturated heterocycles. The van der Waals surface area contributed by atoms with Crippen molar-refractivity contribution in [2.45, 2.75) is 39.0 Å². The minimum absolute atomic E-state index is 0.116. The highest BCUT2D eigenvalue weighted by Gasteiger charge is 2.25. The van der Waals surface area contributed by atoms with Crippen LogP contribution in [0.25, 0.3) is 0 Å². The summed E-state index contributed by atoms with van der Waals surface area (Å²) in [5.74, 6) is 1.12. The first-order chi connectivity index (χ1) is 13.6. The Morgan fingerprint density at radius 2 is 1.93 bits per heavy atom. The van der Waals surface area contributed by atoms with E-state index in [-0.39, 0.29) is 11.8 Å². The fourth-order valence-corrected chi connectivity index (χ4v) is 5.07. The van der Waals surface area contributed by atoms with Gasteiger partial charge in [-0.05, 0) is 44.2 Å². The van der Waals surface area contributed by atoms with Crippen LogP contribution in [0.5, 0.6) is 0 Å². The number of nitrogens with zero attached hydrogens (tertiary/aromatic N) is 3. The number of hydrogen-bond donors (Lipinski definition) is 1. The molecule has 1 fully saturated rings. The molecule has 150 valence electrons. The summed E-state index contributed by atoms with van der Waals surface area (Å²) in [5.41, 5.74) is 1.38. The molecule has 2 amide bonds. The van der Waals surface area contributed by atoms with Crippen LogP contribution >= 0.6 is 11.3 Å². The second-order valence-electron chi connectivity index (χ2n) is 7.56. The minimum atomic E-state index is -0.116. The molecule has 28 heavy (non-hydrogen) atoms. The summed E-state index contributed by atoms with van der Waals surface area (Å²) in [4.78, 5) is 31.3. The zero-order chi connectivity index (χ0) is 19.5. The van der Waals surface area contributed by atoms with E-state index in [9.17, 15) is 9.59 Å². The van der Waals surface area contributed by atoms with E-state index in [1.54, 1.807) is 24.3 Å². The standard InChI is InChI=1S/C20H26N4O3S/c1-14-11-18(22-27-14)21-19(25)13-23-7-9-24(10-8-23)20(26)17-12-15-5-3-2-4-6-16(15)28-17/h11-12H,2-10,13H2,1H3,(H,21,22,25). The van der Waals surface area contributed by atoms with E-state index < -0.39 is 0 Å². The third kappa shape index (κ3) is 4.44. The van der Waals surface area contributed by atoms with Crippen molar-refractivity contribution in [3.05, 3.63) is 33.2 Å². The van der Waals surface area contributed by atoms with Gasteiger partial charge in [-0.15, -0.1) is 11.3 Å². The molecule has 3 heterocycles. The van der Waals surface area contributed by atoms with Crippen LogP contribution in [-0.2, 0) is 17.6 Å². The van der Waals surface area contributed by atoms with E-state index in [1.807, 2.05) is 4.90 Å². The van der Waals surface area contributed by atoms with Crippen molar-refractivity contribution >= 4 is 29.0 Å². The van der Waals surface area contributed by atoms with E-state index in [4.69, 9.17) is 4.52 Å². The van der Waals surface area contributed by atoms with Gasteiger partial charge in [-0.1, -0.05) is 11.6 Å². The van der Waals surface area contributed by atoms with Crippen LogP contribution < -0.4 is 5.32 Å². The number of rotatable bonds is 4. The summed E-state index contributed by atoms with van der Waals surface area (Å²) in [6.07, 6.45) is 5.96. The van der Waals surface area contributed by atoms with Crippen molar-refractivity contribution in [1.29, 1.82) is 0 Å². The number of piperazine rings is 1. The van der Waals surface area contributed by atoms with Gasteiger partial charge in [-0.25, -0.2) is 0 Å². The largest absolute Gasteiger partial charge is 0.360 e. The van der Waals surface area contributed by atoms with Crippen LogP contribution in [-0.4, -0.2) is 59.5 Å². The van der Waals surface area contributed by atoms with Crippen LogP contribution in [0.15, 0.2) is 16.7 Å². The highest BCUT2D eigenvalue weighted by Crippen LogP contribution is 2.30. The van der Waals surface area contributed by atoms with Crippen molar-refractivity contribution in [3.8, 4) is 0 Å². The number of amides is 2. The highest BCUT2D eigenvalue weighted by atomic mass is 32.1. The number of aryl methyl sites for hydroxylation is 3. The summed E-state index contributed by atoms with van der Waals surface area (Å²) in [6, 6.07) is 3.81. The van der Waals surface area contributed by atoms with Gasteiger partial charge in [0, 0.05) is 37.1 Å². The normalized spacial score (nSPS) is 17.8. The van der Waals surface area contributed by atoms with Gasteiger partial charge in [-0.3, -0.25) is 14.5 Å². The SMILES string of the molecule is Cc1cc(NC(=O)CN2CCN(C(=O)c3cc4c(s3)CCCCC4)CC2)no1. The van der Waals surface area contributed by atoms with Gasteiger partial charge in [0.05, 0.1) is 11.4 Å². The van der Waals surface area contributed by atoms with Crippen LogP contribution in [0.2, 0.25) is 0 Å². The molecule has 1 N–H and O–H groups in total. The summed E-state index contributed by atoms with van der Waals surface area (Å²) < 4.78 is 4.95. The highest BCUT2D eigenvalue weighted by molar-refractivity contribution is 7.14. The molecule has 4 rings (SSSR count). The van der Waals surface area contributed by atoms with E-state index in [0.29, 0.717) is 44.3 Å². The molecule has 2 aromatic heterocycles. The van der Waals surface area contributed by atoms with Crippen LogP contribution in [0, 0.1) is 6.92 Å². The molecule has 1 aliphatic carbocycles. The van der Waals surface area contributed by atoms with Crippen molar-refractivity contribution in [2.75, 3.05) is 38.0 Å². The fourth-order valence-electron chi connectivity index (χ4n) is 3.85. The number of aromatic nitrogens is 1. The summed E-state index contributed by atoms with van der Waals surface area (Å²) in [6.45, 7) is 4.77. The van der Waals surface area contributed by atoms with E-state index >= 15 is 0 Å². The number of thiophene rings is 1. The molecule has 8 heteroatoms. The molecule has 2 aliphatic rings. The lowest BCUT2D eigenvalue weighted by molar-refractivity contribution is -0.117. The van der Waals surface area contributed by atoms with Crippen LogP contribution in [0.1, 0.15) is 45.1 Å². The zero-order valence-corrected chi connectivity index (χ0v) is 17.0. The summed E-state index contributed by atoms with van der Waals surface area (Å²) in [7, 11) is 0. The summed E-state index contributed by atoms with van der Waals surface area (Å²) in [5, 5.41) is 6.51. The third-order valence-electron chi connectivity index (χ3n) is 5.38. The Bertz CT molecular complexity index is 828. The lowest BCUT2D eigenvalue weighted by Crippen LogP contribution is -2.50. The molecule has 0 bridgehead atoms. The van der Waals surface area contributed by atoms with Gasteiger partial charge in [0.2, 0.25) is 5.91 Å². The maximum absolute atomic E-state index is 12.9. The fraction of sp³-hybridized carbons (Fsp3) is 0.550. The maximum Gasteiger partial charge on any atom is 0.264 e. The second-order valence-corrected chi connectivity index (χ2v) is 8.70. The van der Waals surface area contributed by atoms with Crippen LogP contribution in [0.4, 0.5) is 5.82 Å². The van der Waals surface area contributed by atoms with Crippen molar-refractivity contribution in [2.24, 2.45) is 0 Å². The minimum Gasteiger partial charge on any atom is -0.360 e. The number of fused-ring (bicyclic) bond motifs is 1. The molecule has 2 aromatic rings. The first-order valence-electron chi connectivity index (χ1n) is 9.95. The number of hydrogen-bond acceptors (Lipinski definition) is 6.